The Bertz CT molecular complexity index is 212. The molecule has 0 aromatic heterocycles. The molecule has 0 spiro atoms. The molecule has 0 saturated carbocycles. The van der Waals surface area contributed by atoms with E-state index < -0.39 is 11.0 Å². The highest BCUT2D eigenvalue weighted by Gasteiger charge is 2.38. The summed E-state index contributed by atoms with van der Waals surface area (Å²) in [5, 5.41) is 8.47. The van der Waals surface area contributed by atoms with E-state index in [0.717, 1.165) is 0 Å². The van der Waals surface area contributed by atoms with Crippen molar-refractivity contribution >= 4 is 15.9 Å². The van der Waals surface area contributed by atoms with Gasteiger partial charge in [-0.3, -0.25) is 0 Å². The summed E-state index contributed by atoms with van der Waals surface area (Å²) in [6, 6.07) is 1.97. The van der Waals surface area contributed by atoms with Crippen LogP contribution in [0.25, 0.3) is 0 Å². The molecule has 0 amide bonds. The highest BCUT2D eigenvalue weighted by molar-refractivity contribution is 9.09. The third-order valence-electron chi connectivity index (χ3n) is 1.63. The van der Waals surface area contributed by atoms with Crippen molar-refractivity contribution in [2.24, 2.45) is 5.92 Å². The molecule has 0 fully saturated rings. The Morgan fingerprint density at radius 3 is 2.29 bits per heavy atom. The summed E-state index contributed by atoms with van der Waals surface area (Å²) in [5.74, 6) is -0.257. The summed E-state index contributed by atoms with van der Waals surface area (Å²) in [6.45, 7) is 1.87. The molecule has 6 heteroatoms. The van der Waals surface area contributed by atoms with E-state index in [1.165, 1.54) is 4.90 Å². The summed E-state index contributed by atoms with van der Waals surface area (Å²) < 4.78 is 36.3. The maximum absolute atomic E-state index is 12.1. The van der Waals surface area contributed by atoms with Gasteiger partial charge in [-0.15, -0.1) is 0 Å². The fourth-order valence-electron chi connectivity index (χ4n) is 0.960. The predicted molar refractivity (Wildman–Crippen MR) is 51.0 cm³/mol. The fraction of sp³-hybridized carbons (Fsp3) is 0.875. The van der Waals surface area contributed by atoms with Crippen molar-refractivity contribution in [1.29, 1.82) is 5.26 Å². The van der Waals surface area contributed by atoms with Crippen LogP contribution >= 0.6 is 15.9 Å². The SMILES string of the molecule is CC(C#N)CN(C)CC(Br)C(F)(F)F. The number of halogens is 4. The summed E-state index contributed by atoms with van der Waals surface area (Å²) in [6.07, 6.45) is -4.23. The van der Waals surface area contributed by atoms with Crippen LogP contribution in [0.3, 0.4) is 0 Å². The molecule has 0 radical (unpaired) electrons. The van der Waals surface area contributed by atoms with Crippen molar-refractivity contribution in [3.8, 4) is 6.07 Å². The van der Waals surface area contributed by atoms with Gasteiger partial charge in [-0.2, -0.15) is 18.4 Å². The number of rotatable bonds is 4. The number of hydrogen-bond acceptors (Lipinski definition) is 2. The third kappa shape index (κ3) is 5.45. The van der Waals surface area contributed by atoms with Crippen LogP contribution in [-0.4, -0.2) is 36.0 Å². The smallest absolute Gasteiger partial charge is 0.304 e. The minimum Gasteiger partial charge on any atom is -0.304 e. The Morgan fingerprint density at radius 1 is 1.43 bits per heavy atom. The first-order valence-corrected chi connectivity index (χ1v) is 4.98. The van der Waals surface area contributed by atoms with Gasteiger partial charge in [0.2, 0.25) is 0 Å². The second-order valence-corrected chi connectivity index (χ2v) is 4.37. The van der Waals surface area contributed by atoms with Crippen LogP contribution in [0.5, 0.6) is 0 Å². The Balaban J connectivity index is 3.96. The number of nitrogens with zero attached hydrogens (tertiary/aromatic N) is 2. The quantitative estimate of drug-likeness (QED) is 0.735. The van der Waals surface area contributed by atoms with Gasteiger partial charge in [0.15, 0.2) is 0 Å². The van der Waals surface area contributed by atoms with Gasteiger partial charge in [0.1, 0.15) is 4.83 Å². The summed E-state index contributed by atoms with van der Waals surface area (Å²) in [5.41, 5.74) is 0. The number of alkyl halides is 4. The van der Waals surface area contributed by atoms with Gasteiger partial charge in [-0.1, -0.05) is 15.9 Å². The molecule has 0 aliphatic rings. The van der Waals surface area contributed by atoms with Crippen molar-refractivity contribution < 1.29 is 13.2 Å². The van der Waals surface area contributed by atoms with Crippen molar-refractivity contribution in [2.45, 2.75) is 17.9 Å². The molecule has 82 valence electrons. The molecular weight excluding hydrogens is 261 g/mol. The van der Waals surface area contributed by atoms with Crippen molar-refractivity contribution in [2.75, 3.05) is 20.1 Å². The molecule has 2 nitrogen and oxygen atoms in total. The van der Waals surface area contributed by atoms with Gasteiger partial charge in [0, 0.05) is 13.1 Å². The molecule has 0 heterocycles. The molecule has 0 bridgehead atoms. The van der Waals surface area contributed by atoms with E-state index >= 15 is 0 Å². The molecule has 2 atom stereocenters. The number of hydrogen-bond donors (Lipinski definition) is 0. The van der Waals surface area contributed by atoms with Crippen LogP contribution in [0.1, 0.15) is 6.92 Å². The molecule has 0 N–H and O–H groups in total. The molecule has 0 aliphatic carbocycles. The van der Waals surface area contributed by atoms with Gasteiger partial charge < -0.3 is 4.90 Å². The lowest BCUT2D eigenvalue weighted by Crippen LogP contribution is -2.37. The number of nitriles is 1. The normalized spacial score (nSPS) is 16.4. The maximum atomic E-state index is 12.1. The van der Waals surface area contributed by atoms with Crippen molar-refractivity contribution in [3.63, 3.8) is 0 Å². The van der Waals surface area contributed by atoms with Gasteiger partial charge in [0.05, 0.1) is 12.0 Å². The average molecular weight is 273 g/mol. The summed E-state index contributed by atoms with van der Waals surface area (Å²) >= 11 is 2.56. The molecule has 0 aliphatic heterocycles. The molecular formula is C8H12BrF3N2. The molecule has 14 heavy (non-hydrogen) atoms. The molecule has 0 aromatic rings. The van der Waals surface area contributed by atoms with Gasteiger partial charge >= 0.3 is 6.18 Å². The van der Waals surface area contributed by atoms with Crippen LogP contribution in [0.4, 0.5) is 13.2 Å². The van der Waals surface area contributed by atoms with Crippen LogP contribution in [0, 0.1) is 17.2 Å². The zero-order chi connectivity index (χ0) is 11.4. The highest BCUT2D eigenvalue weighted by Crippen LogP contribution is 2.26. The van der Waals surface area contributed by atoms with Gasteiger partial charge in [-0.05, 0) is 14.0 Å². The zero-order valence-corrected chi connectivity index (χ0v) is 9.56. The Kier molecular flexibility index (Phi) is 5.45. The topological polar surface area (TPSA) is 27.0 Å². The Morgan fingerprint density at radius 2 is 1.93 bits per heavy atom. The first-order chi connectivity index (χ1) is 6.27. The standard InChI is InChI=1S/C8H12BrF3N2/c1-6(3-13)4-14(2)5-7(9)8(10,11)12/h6-7H,4-5H2,1-2H3. The lowest BCUT2D eigenvalue weighted by Gasteiger charge is -2.22. The highest BCUT2D eigenvalue weighted by atomic mass is 79.9. The Hall–Kier alpha value is -0.280. The summed E-state index contributed by atoms with van der Waals surface area (Å²) in [4.78, 5) is -0.0493. The predicted octanol–water partition coefficient (Wildman–Crippen LogP) is 2.40. The minimum absolute atomic E-state index is 0.143. The average Bonchev–Trinajstić information content (AvgIpc) is 2.02. The Labute approximate surface area is 89.8 Å². The van der Waals surface area contributed by atoms with Crippen LogP contribution in [0.15, 0.2) is 0 Å². The molecule has 0 rings (SSSR count). The monoisotopic (exact) mass is 272 g/mol. The molecule has 2 unspecified atom stereocenters. The minimum atomic E-state index is -4.23. The van der Waals surface area contributed by atoms with E-state index in [2.05, 4.69) is 15.9 Å². The first kappa shape index (κ1) is 13.7. The lowest BCUT2D eigenvalue weighted by atomic mass is 10.2. The van der Waals surface area contributed by atoms with Crippen LogP contribution < -0.4 is 0 Å². The second-order valence-electron chi connectivity index (χ2n) is 3.26. The van der Waals surface area contributed by atoms with E-state index in [9.17, 15) is 13.2 Å². The van der Waals surface area contributed by atoms with E-state index in [1.54, 1.807) is 14.0 Å². The van der Waals surface area contributed by atoms with Gasteiger partial charge in [0.25, 0.3) is 0 Å². The molecule has 0 aromatic carbocycles. The van der Waals surface area contributed by atoms with E-state index in [-0.39, 0.29) is 12.5 Å². The zero-order valence-electron chi connectivity index (χ0n) is 7.98. The van der Waals surface area contributed by atoms with Crippen LogP contribution in [0.2, 0.25) is 0 Å². The molecule has 0 saturated heterocycles. The summed E-state index contributed by atoms with van der Waals surface area (Å²) in [7, 11) is 1.56. The first-order valence-electron chi connectivity index (χ1n) is 4.06. The van der Waals surface area contributed by atoms with Gasteiger partial charge in [-0.25, -0.2) is 0 Å². The second kappa shape index (κ2) is 5.56. The largest absolute Gasteiger partial charge is 0.402 e. The van der Waals surface area contributed by atoms with E-state index in [1.807, 2.05) is 6.07 Å². The van der Waals surface area contributed by atoms with Crippen molar-refractivity contribution in [3.05, 3.63) is 0 Å². The van der Waals surface area contributed by atoms with Crippen molar-refractivity contribution in [1.82, 2.24) is 4.90 Å². The maximum Gasteiger partial charge on any atom is 0.402 e. The fourth-order valence-corrected chi connectivity index (χ4v) is 1.45. The van der Waals surface area contributed by atoms with Crippen LogP contribution in [-0.2, 0) is 0 Å². The van der Waals surface area contributed by atoms with E-state index in [0.29, 0.717) is 6.54 Å². The third-order valence-corrected chi connectivity index (χ3v) is 2.44. The lowest BCUT2D eigenvalue weighted by molar-refractivity contribution is -0.130. The van der Waals surface area contributed by atoms with E-state index in [4.69, 9.17) is 5.26 Å².